The number of nitrogens with two attached hydrogens (primary N) is 1. The number of nitrogens with one attached hydrogen (secondary N) is 1. The third-order valence-electron chi connectivity index (χ3n) is 3.42. The first kappa shape index (κ1) is 17.4. The van der Waals surface area contributed by atoms with Gasteiger partial charge < -0.3 is 15.8 Å². The Morgan fingerprint density at radius 1 is 1.28 bits per heavy atom. The van der Waals surface area contributed by atoms with E-state index in [0.717, 1.165) is 19.3 Å². The maximum atomic E-state index is 11.7. The molecule has 0 rings (SSSR count). The second kappa shape index (κ2) is 8.48. The lowest BCUT2D eigenvalue weighted by atomic mass is 9.95. The van der Waals surface area contributed by atoms with E-state index in [-0.39, 0.29) is 11.4 Å². The molecule has 0 heterocycles. The van der Waals surface area contributed by atoms with Crippen LogP contribution in [-0.2, 0) is 9.53 Å². The fourth-order valence-electron chi connectivity index (χ4n) is 1.45. The summed E-state index contributed by atoms with van der Waals surface area (Å²) in [4.78, 5) is 11.7. The van der Waals surface area contributed by atoms with Crippen LogP contribution in [0.15, 0.2) is 0 Å². The zero-order chi connectivity index (χ0) is 14.2. The highest BCUT2D eigenvalue weighted by atomic mass is 16.5. The van der Waals surface area contributed by atoms with Crippen LogP contribution in [-0.4, -0.2) is 30.7 Å². The van der Waals surface area contributed by atoms with Crippen molar-refractivity contribution in [3.8, 4) is 0 Å². The lowest BCUT2D eigenvalue weighted by Gasteiger charge is -2.27. The van der Waals surface area contributed by atoms with Crippen molar-refractivity contribution in [2.75, 3.05) is 13.2 Å². The summed E-state index contributed by atoms with van der Waals surface area (Å²) in [6, 6.07) is 0. The van der Waals surface area contributed by atoms with Crippen LogP contribution in [0.25, 0.3) is 0 Å². The van der Waals surface area contributed by atoms with E-state index in [0.29, 0.717) is 19.1 Å². The van der Waals surface area contributed by atoms with E-state index in [1.54, 1.807) is 6.92 Å². The Morgan fingerprint density at radius 3 is 2.28 bits per heavy atom. The van der Waals surface area contributed by atoms with Crippen molar-refractivity contribution in [3.05, 3.63) is 0 Å². The minimum absolute atomic E-state index is 0.0507. The van der Waals surface area contributed by atoms with Crippen molar-refractivity contribution >= 4 is 5.91 Å². The van der Waals surface area contributed by atoms with E-state index in [4.69, 9.17) is 10.5 Å². The minimum Gasteiger partial charge on any atom is -0.367 e. The molecule has 0 aromatic rings. The van der Waals surface area contributed by atoms with Crippen LogP contribution in [0.5, 0.6) is 0 Å². The third kappa shape index (κ3) is 6.97. The van der Waals surface area contributed by atoms with Crippen molar-refractivity contribution in [2.24, 2.45) is 11.7 Å². The SMILES string of the molecule is CCC(N)(CC)COC(C)C(=O)NCCC(C)C. The molecule has 1 amide bonds. The topological polar surface area (TPSA) is 64.3 Å². The minimum atomic E-state index is -0.432. The van der Waals surface area contributed by atoms with Gasteiger partial charge in [0, 0.05) is 12.1 Å². The Hall–Kier alpha value is -0.610. The van der Waals surface area contributed by atoms with Gasteiger partial charge in [-0.25, -0.2) is 0 Å². The van der Waals surface area contributed by atoms with Crippen LogP contribution in [0.1, 0.15) is 53.9 Å². The van der Waals surface area contributed by atoms with Gasteiger partial charge in [0.25, 0.3) is 0 Å². The maximum Gasteiger partial charge on any atom is 0.248 e. The zero-order valence-electron chi connectivity index (χ0n) is 12.6. The van der Waals surface area contributed by atoms with Crippen LogP contribution < -0.4 is 11.1 Å². The first-order valence-corrected chi connectivity index (χ1v) is 7.02. The van der Waals surface area contributed by atoms with Gasteiger partial charge in [0.05, 0.1) is 6.61 Å². The summed E-state index contributed by atoms with van der Waals surface area (Å²) in [6.07, 6.45) is 2.26. The number of carbonyl (C=O) groups is 1. The summed E-state index contributed by atoms with van der Waals surface area (Å²) < 4.78 is 5.57. The summed E-state index contributed by atoms with van der Waals surface area (Å²) in [6.45, 7) is 11.3. The summed E-state index contributed by atoms with van der Waals surface area (Å²) in [5.41, 5.74) is 5.82. The fraction of sp³-hybridized carbons (Fsp3) is 0.929. The predicted octanol–water partition coefficient (Wildman–Crippen LogP) is 2.07. The van der Waals surface area contributed by atoms with Crippen LogP contribution in [0.3, 0.4) is 0 Å². The molecule has 18 heavy (non-hydrogen) atoms. The van der Waals surface area contributed by atoms with Crippen LogP contribution >= 0.6 is 0 Å². The highest BCUT2D eigenvalue weighted by Gasteiger charge is 2.23. The molecule has 1 unspecified atom stereocenters. The lowest BCUT2D eigenvalue weighted by Crippen LogP contribution is -2.46. The standard InChI is InChI=1S/C14H30N2O2/c1-6-14(15,7-2)10-18-12(5)13(17)16-9-8-11(3)4/h11-12H,6-10,15H2,1-5H3,(H,16,17). The van der Waals surface area contributed by atoms with E-state index >= 15 is 0 Å². The quantitative estimate of drug-likeness (QED) is 0.665. The van der Waals surface area contributed by atoms with Gasteiger partial charge in [-0.2, -0.15) is 0 Å². The van der Waals surface area contributed by atoms with E-state index < -0.39 is 6.10 Å². The van der Waals surface area contributed by atoms with Crippen molar-refractivity contribution < 1.29 is 9.53 Å². The Bertz CT molecular complexity index is 238. The Balaban J connectivity index is 3.94. The first-order valence-electron chi connectivity index (χ1n) is 7.02. The molecule has 0 fully saturated rings. The van der Waals surface area contributed by atoms with Crippen LogP contribution in [0.4, 0.5) is 0 Å². The van der Waals surface area contributed by atoms with Crippen molar-refractivity contribution in [1.82, 2.24) is 5.32 Å². The highest BCUT2D eigenvalue weighted by Crippen LogP contribution is 2.12. The number of rotatable bonds is 9. The van der Waals surface area contributed by atoms with Gasteiger partial charge in [-0.3, -0.25) is 4.79 Å². The molecule has 0 saturated heterocycles. The van der Waals surface area contributed by atoms with Crippen molar-refractivity contribution in [1.29, 1.82) is 0 Å². The molecule has 0 bridgehead atoms. The van der Waals surface area contributed by atoms with Crippen LogP contribution in [0.2, 0.25) is 0 Å². The average molecular weight is 258 g/mol. The average Bonchev–Trinajstić information content (AvgIpc) is 2.34. The molecule has 0 radical (unpaired) electrons. The van der Waals surface area contributed by atoms with Gasteiger partial charge in [0.15, 0.2) is 0 Å². The Kier molecular flexibility index (Phi) is 8.20. The summed E-state index contributed by atoms with van der Waals surface area (Å²) in [5, 5.41) is 2.88. The molecular weight excluding hydrogens is 228 g/mol. The Labute approximate surface area is 112 Å². The molecule has 0 aliphatic rings. The van der Waals surface area contributed by atoms with E-state index in [2.05, 4.69) is 19.2 Å². The molecule has 0 aromatic heterocycles. The molecule has 0 spiro atoms. The van der Waals surface area contributed by atoms with Gasteiger partial charge in [-0.05, 0) is 32.1 Å². The molecule has 108 valence electrons. The van der Waals surface area contributed by atoms with E-state index in [1.807, 2.05) is 13.8 Å². The lowest BCUT2D eigenvalue weighted by molar-refractivity contribution is -0.132. The van der Waals surface area contributed by atoms with Crippen molar-refractivity contribution in [2.45, 2.75) is 65.5 Å². The van der Waals surface area contributed by atoms with Crippen molar-refractivity contribution in [3.63, 3.8) is 0 Å². The highest BCUT2D eigenvalue weighted by molar-refractivity contribution is 5.80. The second-order valence-electron chi connectivity index (χ2n) is 5.50. The molecule has 0 saturated carbocycles. The predicted molar refractivity (Wildman–Crippen MR) is 75.4 cm³/mol. The summed E-state index contributed by atoms with van der Waals surface area (Å²) in [5.74, 6) is 0.545. The number of carbonyl (C=O) groups excluding carboxylic acids is 1. The van der Waals surface area contributed by atoms with E-state index in [1.165, 1.54) is 0 Å². The number of amides is 1. The summed E-state index contributed by atoms with van der Waals surface area (Å²) in [7, 11) is 0. The number of hydrogen-bond donors (Lipinski definition) is 2. The molecule has 0 aliphatic carbocycles. The molecule has 4 heteroatoms. The molecule has 4 nitrogen and oxygen atoms in total. The largest absolute Gasteiger partial charge is 0.367 e. The van der Waals surface area contributed by atoms with Gasteiger partial charge in [0.2, 0.25) is 5.91 Å². The zero-order valence-corrected chi connectivity index (χ0v) is 12.6. The maximum absolute atomic E-state index is 11.7. The molecule has 0 aromatic carbocycles. The summed E-state index contributed by atoms with van der Waals surface area (Å²) >= 11 is 0. The molecule has 0 aliphatic heterocycles. The fourth-order valence-corrected chi connectivity index (χ4v) is 1.45. The number of ether oxygens (including phenoxy) is 1. The number of hydrogen-bond acceptors (Lipinski definition) is 3. The molecule has 1 atom stereocenters. The third-order valence-corrected chi connectivity index (χ3v) is 3.42. The van der Waals surface area contributed by atoms with E-state index in [9.17, 15) is 4.79 Å². The van der Waals surface area contributed by atoms with Crippen LogP contribution in [0, 0.1) is 5.92 Å². The molecule has 3 N–H and O–H groups in total. The normalized spacial score (nSPS) is 13.7. The van der Waals surface area contributed by atoms with Gasteiger partial charge >= 0.3 is 0 Å². The van der Waals surface area contributed by atoms with Gasteiger partial charge in [0.1, 0.15) is 6.10 Å². The second-order valence-corrected chi connectivity index (χ2v) is 5.50. The van der Waals surface area contributed by atoms with Gasteiger partial charge in [-0.1, -0.05) is 27.7 Å². The van der Waals surface area contributed by atoms with Gasteiger partial charge in [-0.15, -0.1) is 0 Å². The molecular formula is C14H30N2O2. The first-order chi connectivity index (χ1) is 8.34. The monoisotopic (exact) mass is 258 g/mol. The Morgan fingerprint density at radius 2 is 1.83 bits per heavy atom. The smallest absolute Gasteiger partial charge is 0.248 e.